The van der Waals surface area contributed by atoms with Crippen LogP contribution in [0.2, 0.25) is 0 Å². The molecule has 216 valence electrons. The van der Waals surface area contributed by atoms with Crippen LogP contribution in [-0.4, -0.2) is 64.2 Å². The van der Waals surface area contributed by atoms with Gasteiger partial charge in [-0.2, -0.15) is 0 Å². The SMILES string of the molecule is CC(C)N(CC(F)F)C(=O)c1cc(F)ccc1Oc1nncnc1N1CC2(CC(Oc3cccc4c3CNC4)C2)C1. The first-order valence-electron chi connectivity index (χ1n) is 13.7. The fraction of sp³-hybridized carbons (Fsp3) is 0.448. The monoisotopic (exact) mass is 568 g/mol. The zero-order valence-corrected chi connectivity index (χ0v) is 22.8. The highest BCUT2D eigenvalue weighted by atomic mass is 19.3. The van der Waals surface area contributed by atoms with Crippen LogP contribution < -0.4 is 19.7 Å². The van der Waals surface area contributed by atoms with Gasteiger partial charge in [0.15, 0.2) is 5.82 Å². The number of nitrogens with zero attached hydrogens (tertiary/aromatic N) is 5. The molecule has 0 bridgehead atoms. The smallest absolute Gasteiger partial charge is 0.282 e. The van der Waals surface area contributed by atoms with Crippen LogP contribution in [0.4, 0.5) is 19.0 Å². The molecular weight excluding hydrogens is 537 g/mol. The number of alkyl halides is 2. The first-order valence-corrected chi connectivity index (χ1v) is 13.7. The lowest BCUT2D eigenvalue weighted by Crippen LogP contribution is -2.65. The lowest BCUT2D eigenvalue weighted by atomic mass is 9.61. The van der Waals surface area contributed by atoms with Crippen molar-refractivity contribution in [1.82, 2.24) is 25.4 Å². The van der Waals surface area contributed by atoms with Crippen molar-refractivity contribution in [1.29, 1.82) is 0 Å². The van der Waals surface area contributed by atoms with Crippen molar-refractivity contribution in [3.05, 3.63) is 65.2 Å². The summed E-state index contributed by atoms with van der Waals surface area (Å²) in [6.07, 6.45) is 0.551. The maximum absolute atomic E-state index is 14.2. The second kappa shape index (κ2) is 10.8. The molecule has 1 saturated heterocycles. The van der Waals surface area contributed by atoms with Crippen LogP contribution in [0.25, 0.3) is 0 Å². The van der Waals surface area contributed by atoms with Gasteiger partial charge in [0.2, 0.25) is 0 Å². The Morgan fingerprint density at radius 1 is 1.17 bits per heavy atom. The summed E-state index contributed by atoms with van der Waals surface area (Å²) in [4.78, 5) is 20.6. The lowest BCUT2D eigenvalue weighted by Gasteiger charge is -2.58. The molecule has 6 rings (SSSR count). The Labute approximate surface area is 235 Å². The van der Waals surface area contributed by atoms with Crippen molar-refractivity contribution < 1.29 is 27.4 Å². The minimum absolute atomic E-state index is 0.0166. The highest BCUT2D eigenvalue weighted by molar-refractivity contribution is 5.97. The van der Waals surface area contributed by atoms with E-state index in [1.807, 2.05) is 17.0 Å². The van der Waals surface area contributed by atoms with Crippen LogP contribution in [0.1, 0.15) is 48.2 Å². The number of amides is 1. The van der Waals surface area contributed by atoms with Gasteiger partial charge >= 0.3 is 0 Å². The summed E-state index contributed by atoms with van der Waals surface area (Å²) in [6, 6.07) is 9.04. The zero-order chi connectivity index (χ0) is 28.7. The van der Waals surface area contributed by atoms with E-state index in [2.05, 4.69) is 26.6 Å². The summed E-state index contributed by atoms with van der Waals surface area (Å²) in [6.45, 7) is 5.58. The van der Waals surface area contributed by atoms with Crippen molar-refractivity contribution in [3.8, 4) is 17.4 Å². The van der Waals surface area contributed by atoms with E-state index in [-0.39, 0.29) is 28.7 Å². The summed E-state index contributed by atoms with van der Waals surface area (Å²) >= 11 is 0. The number of carbonyl (C=O) groups is 1. The third-order valence-electron chi connectivity index (χ3n) is 7.98. The van der Waals surface area contributed by atoms with E-state index in [9.17, 15) is 18.0 Å². The summed E-state index contributed by atoms with van der Waals surface area (Å²) in [5.74, 6) is -0.0329. The number of nitrogens with one attached hydrogen (secondary N) is 1. The fourth-order valence-corrected chi connectivity index (χ4v) is 5.99. The molecule has 0 atom stereocenters. The molecule has 2 aromatic carbocycles. The van der Waals surface area contributed by atoms with Crippen LogP contribution in [0.15, 0.2) is 42.7 Å². The van der Waals surface area contributed by atoms with Crippen molar-refractivity contribution >= 4 is 11.7 Å². The first kappa shape index (κ1) is 27.3. The van der Waals surface area contributed by atoms with Gasteiger partial charge in [0.25, 0.3) is 18.2 Å². The highest BCUT2D eigenvalue weighted by Crippen LogP contribution is 2.52. The highest BCUT2D eigenvalue weighted by Gasteiger charge is 2.54. The summed E-state index contributed by atoms with van der Waals surface area (Å²) in [5.41, 5.74) is 2.44. The quantitative estimate of drug-likeness (QED) is 0.402. The maximum atomic E-state index is 14.2. The molecule has 1 aliphatic carbocycles. The zero-order valence-electron chi connectivity index (χ0n) is 22.8. The first-order chi connectivity index (χ1) is 19.7. The van der Waals surface area contributed by atoms with E-state index in [1.165, 1.54) is 23.5 Å². The van der Waals surface area contributed by atoms with E-state index in [4.69, 9.17) is 9.47 Å². The van der Waals surface area contributed by atoms with Gasteiger partial charge in [0.1, 0.15) is 29.7 Å². The molecule has 12 heteroatoms. The van der Waals surface area contributed by atoms with Gasteiger partial charge in [0.05, 0.1) is 12.1 Å². The molecule has 1 saturated carbocycles. The molecule has 0 unspecified atom stereocenters. The Hall–Kier alpha value is -3.93. The molecule has 2 aliphatic heterocycles. The van der Waals surface area contributed by atoms with E-state index < -0.39 is 30.7 Å². The third kappa shape index (κ3) is 5.40. The molecule has 3 aromatic rings. The van der Waals surface area contributed by atoms with Gasteiger partial charge in [-0.05, 0) is 56.5 Å². The normalized spacial score (nSPS) is 17.4. The molecule has 1 spiro atoms. The van der Waals surface area contributed by atoms with Crippen LogP contribution in [0, 0.1) is 11.2 Å². The Balaban J connectivity index is 1.14. The van der Waals surface area contributed by atoms with Gasteiger partial charge < -0.3 is 24.6 Å². The minimum atomic E-state index is -2.74. The van der Waals surface area contributed by atoms with Crippen molar-refractivity contribution in [2.45, 2.75) is 58.3 Å². The third-order valence-corrected chi connectivity index (χ3v) is 7.98. The predicted octanol–water partition coefficient (Wildman–Crippen LogP) is 4.57. The van der Waals surface area contributed by atoms with E-state index in [0.29, 0.717) is 5.82 Å². The topological polar surface area (TPSA) is 92.7 Å². The van der Waals surface area contributed by atoms with E-state index >= 15 is 0 Å². The van der Waals surface area contributed by atoms with Gasteiger partial charge in [-0.15, -0.1) is 10.2 Å². The van der Waals surface area contributed by atoms with Crippen LogP contribution in [-0.2, 0) is 13.1 Å². The molecule has 1 N–H and O–H groups in total. The molecule has 41 heavy (non-hydrogen) atoms. The number of hydrogen-bond acceptors (Lipinski definition) is 8. The minimum Gasteiger partial charge on any atom is -0.490 e. The van der Waals surface area contributed by atoms with Gasteiger partial charge in [-0.1, -0.05) is 12.1 Å². The molecular formula is C29H31F3N6O3. The lowest BCUT2D eigenvalue weighted by molar-refractivity contribution is -0.0348. The standard InChI is InChI=1S/C29H31F3N6O3/c1-17(2)38(13-25(31)32)28(39)21-8-19(30)6-7-24(21)41-27-26(34-16-35-36-27)37-14-29(15-37)9-20(10-29)40-23-5-3-4-18-11-33-12-22(18)23/h3-8,16-17,20,25,33H,9-15H2,1-2H3. The Bertz CT molecular complexity index is 1440. The van der Waals surface area contributed by atoms with Gasteiger partial charge in [-0.3, -0.25) is 4.79 Å². The number of carbonyl (C=O) groups excluding carboxylic acids is 1. The van der Waals surface area contributed by atoms with Gasteiger partial charge in [-0.25, -0.2) is 18.2 Å². The predicted molar refractivity (Wildman–Crippen MR) is 144 cm³/mol. The van der Waals surface area contributed by atoms with E-state index in [1.54, 1.807) is 13.8 Å². The largest absolute Gasteiger partial charge is 0.490 e. The maximum Gasteiger partial charge on any atom is 0.282 e. The van der Waals surface area contributed by atoms with Gasteiger partial charge in [0, 0.05) is 43.2 Å². The fourth-order valence-electron chi connectivity index (χ4n) is 5.99. The number of ether oxygens (including phenoxy) is 2. The Morgan fingerprint density at radius 2 is 1.98 bits per heavy atom. The van der Waals surface area contributed by atoms with Crippen LogP contribution >= 0.6 is 0 Å². The Morgan fingerprint density at radius 3 is 2.73 bits per heavy atom. The molecule has 3 aliphatic rings. The second-order valence-electron chi connectivity index (χ2n) is 11.3. The summed E-state index contributed by atoms with van der Waals surface area (Å²) < 4.78 is 52.8. The number of hydrogen-bond donors (Lipinski definition) is 1. The average Bonchev–Trinajstić information content (AvgIpc) is 3.39. The van der Waals surface area contributed by atoms with Crippen molar-refractivity contribution in [2.24, 2.45) is 5.41 Å². The number of aromatic nitrogens is 3. The Kier molecular flexibility index (Phi) is 7.18. The molecule has 0 radical (unpaired) electrons. The number of rotatable bonds is 9. The summed E-state index contributed by atoms with van der Waals surface area (Å²) in [5, 5.41) is 11.3. The molecule has 9 nitrogen and oxygen atoms in total. The van der Waals surface area contributed by atoms with Crippen LogP contribution in [0.5, 0.6) is 17.4 Å². The van der Waals surface area contributed by atoms with Crippen molar-refractivity contribution in [2.75, 3.05) is 24.5 Å². The number of benzene rings is 2. The van der Waals surface area contributed by atoms with Crippen LogP contribution in [0.3, 0.4) is 0 Å². The molecule has 1 amide bonds. The molecule has 3 heterocycles. The molecule has 2 fully saturated rings. The average molecular weight is 569 g/mol. The number of halogens is 3. The second-order valence-corrected chi connectivity index (χ2v) is 11.3. The van der Waals surface area contributed by atoms with Crippen molar-refractivity contribution in [3.63, 3.8) is 0 Å². The van der Waals surface area contributed by atoms with E-state index in [0.717, 1.165) is 61.8 Å². The number of anilines is 1. The summed E-state index contributed by atoms with van der Waals surface area (Å²) in [7, 11) is 0. The number of fused-ring (bicyclic) bond motifs is 1. The molecule has 1 aromatic heterocycles.